The molecule has 1 amide bonds. The average molecular weight is 262 g/mol. The van der Waals surface area contributed by atoms with Gasteiger partial charge in [0.1, 0.15) is 5.75 Å². The molecule has 0 spiro atoms. The molecule has 2 N–H and O–H groups in total. The average Bonchev–Trinajstić information content (AvgIpc) is 2.39. The number of amides is 1. The molecule has 1 aliphatic heterocycles. The van der Waals surface area contributed by atoms with E-state index in [1.165, 1.54) is 5.56 Å². The first-order valence-corrected chi connectivity index (χ1v) is 6.78. The number of hydrogen-bond acceptors (Lipinski definition) is 3. The first kappa shape index (κ1) is 13.9. The van der Waals surface area contributed by atoms with Crippen molar-refractivity contribution in [3.05, 3.63) is 29.8 Å². The zero-order valence-corrected chi connectivity index (χ0v) is 11.6. The maximum Gasteiger partial charge on any atom is 0.235 e. The van der Waals surface area contributed by atoms with Crippen LogP contribution in [0.2, 0.25) is 0 Å². The summed E-state index contributed by atoms with van der Waals surface area (Å²) in [6.07, 6.45) is 2.20. The van der Waals surface area contributed by atoms with Crippen LogP contribution in [0.3, 0.4) is 0 Å². The molecule has 1 aromatic carbocycles. The molecule has 0 unspecified atom stereocenters. The molecule has 0 bridgehead atoms. The van der Waals surface area contributed by atoms with Gasteiger partial charge in [-0.3, -0.25) is 9.69 Å². The molecular weight excluding hydrogens is 240 g/mol. The van der Waals surface area contributed by atoms with E-state index in [4.69, 9.17) is 10.5 Å². The zero-order valence-electron chi connectivity index (χ0n) is 11.6. The molecule has 1 aliphatic rings. The third-order valence-corrected chi connectivity index (χ3v) is 3.87. The Morgan fingerprint density at radius 1 is 1.42 bits per heavy atom. The largest absolute Gasteiger partial charge is 0.497 e. The molecule has 2 atom stereocenters. The number of nitrogens with zero attached hydrogens (tertiary/aromatic N) is 1. The first-order valence-electron chi connectivity index (χ1n) is 6.78. The number of primary amides is 1. The predicted octanol–water partition coefficient (Wildman–Crippen LogP) is 1.78. The summed E-state index contributed by atoms with van der Waals surface area (Å²) in [5.41, 5.74) is 6.73. The van der Waals surface area contributed by atoms with Crippen molar-refractivity contribution in [2.24, 2.45) is 11.7 Å². The Kier molecular flexibility index (Phi) is 4.43. The van der Waals surface area contributed by atoms with E-state index >= 15 is 0 Å². The Bertz CT molecular complexity index is 430. The highest BCUT2D eigenvalue weighted by molar-refractivity contribution is 5.80. The van der Waals surface area contributed by atoms with E-state index in [9.17, 15) is 4.79 Å². The van der Waals surface area contributed by atoms with Gasteiger partial charge in [0, 0.05) is 6.54 Å². The number of ether oxygens (including phenoxy) is 1. The minimum absolute atomic E-state index is 0.143. The van der Waals surface area contributed by atoms with Crippen molar-refractivity contribution in [1.82, 2.24) is 4.90 Å². The number of hydrogen-bond donors (Lipinski definition) is 1. The van der Waals surface area contributed by atoms with Crippen LogP contribution in [0.1, 0.15) is 25.3 Å². The first-order chi connectivity index (χ1) is 9.11. The quantitative estimate of drug-likeness (QED) is 0.900. The minimum atomic E-state index is -0.208. The molecule has 0 saturated carbocycles. The Labute approximate surface area is 114 Å². The van der Waals surface area contributed by atoms with Gasteiger partial charge in [-0.05, 0) is 43.0 Å². The Balaban J connectivity index is 2.08. The van der Waals surface area contributed by atoms with E-state index in [0.717, 1.165) is 31.7 Å². The van der Waals surface area contributed by atoms with Crippen molar-refractivity contribution in [2.75, 3.05) is 13.7 Å². The number of carbonyl (C=O) groups excluding carboxylic acids is 1. The van der Waals surface area contributed by atoms with Gasteiger partial charge in [-0.1, -0.05) is 19.1 Å². The van der Waals surface area contributed by atoms with Gasteiger partial charge in [-0.25, -0.2) is 0 Å². The molecule has 1 heterocycles. The van der Waals surface area contributed by atoms with Gasteiger partial charge in [0.05, 0.1) is 13.2 Å². The van der Waals surface area contributed by atoms with Crippen LogP contribution >= 0.6 is 0 Å². The molecule has 1 saturated heterocycles. The van der Waals surface area contributed by atoms with Crippen molar-refractivity contribution in [3.8, 4) is 5.75 Å². The van der Waals surface area contributed by atoms with E-state index in [1.54, 1.807) is 7.11 Å². The highest BCUT2D eigenvalue weighted by Gasteiger charge is 2.32. The number of piperidine rings is 1. The van der Waals surface area contributed by atoms with Crippen LogP contribution in [0.15, 0.2) is 24.3 Å². The second-order valence-corrected chi connectivity index (χ2v) is 5.29. The molecule has 0 radical (unpaired) electrons. The number of nitrogens with two attached hydrogens (primary N) is 1. The fraction of sp³-hybridized carbons (Fsp3) is 0.533. The van der Waals surface area contributed by atoms with Crippen LogP contribution < -0.4 is 10.5 Å². The highest BCUT2D eigenvalue weighted by atomic mass is 16.5. The molecule has 2 rings (SSSR count). The molecule has 0 aromatic heterocycles. The summed E-state index contributed by atoms with van der Waals surface area (Å²) in [7, 11) is 1.66. The number of methoxy groups -OCH3 is 1. The lowest BCUT2D eigenvalue weighted by atomic mass is 9.90. The molecule has 0 aliphatic carbocycles. The van der Waals surface area contributed by atoms with Gasteiger partial charge in [0.25, 0.3) is 0 Å². The van der Waals surface area contributed by atoms with E-state index in [1.807, 2.05) is 24.3 Å². The maximum absolute atomic E-state index is 11.6. The fourth-order valence-corrected chi connectivity index (χ4v) is 2.88. The van der Waals surface area contributed by atoms with Crippen LogP contribution in [0.25, 0.3) is 0 Å². The predicted molar refractivity (Wildman–Crippen MR) is 74.8 cm³/mol. The molecular formula is C15H22N2O2. The van der Waals surface area contributed by atoms with Gasteiger partial charge in [0.15, 0.2) is 0 Å². The van der Waals surface area contributed by atoms with Crippen LogP contribution in [-0.4, -0.2) is 30.5 Å². The molecule has 104 valence electrons. The fourth-order valence-electron chi connectivity index (χ4n) is 2.88. The summed E-state index contributed by atoms with van der Waals surface area (Å²) in [6, 6.07) is 7.83. The Hall–Kier alpha value is -1.55. The van der Waals surface area contributed by atoms with Crippen LogP contribution in [0.5, 0.6) is 5.75 Å². The van der Waals surface area contributed by atoms with E-state index in [2.05, 4.69) is 11.8 Å². The molecule has 1 fully saturated rings. The van der Waals surface area contributed by atoms with Crippen LogP contribution in [0, 0.1) is 5.92 Å². The standard InChI is InChI=1S/C15H22N2O2/c1-11-4-3-9-17(14(11)15(16)18)10-12-5-7-13(19-2)8-6-12/h5-8,11,14H,3-4,9-10H2,1-2H3,(H2,16,18)/t11-,14+/m1/s1. The molecule has 4 nitrogen and oxygen atoms in total. The minimum Gasteiger partial charge on any atom is -0.497 e. The summed E-state index contributed by atoms with van der Waals surface area (Å²) >= 11 is 0. The van der Waals surface area contributed by atoms with Gasteiger partial charge >= 0.3 is 0 Å². The lowest BCUT2D eigenvalue weighted by molar-refractivity contribution is -0.126. The summed E-state index contributed by atoms with van der Waals surface area (Å²) < 4.78 is 5.15. The van der Waals surface area contributed by atoms with Gasteiger partial charge < -0.3 is 10.5 Å². The van der Waals surface area contributed by atoms with Crippen LogP contribution in [-0.2, 0) is 11.3 Å². The maximum atomic E-state index is 11.6. The number of likely N-dealkylation sites (tertiary alicyclic amines) is 1. The van der Waals surface area contributed by atoms with Crippen molar-refractivity contribution in [3.63, 3.8) is 0 Å². The normalized spacial score (nSPS) is 24.1. The summed E-state index contributed by atoms with van der Waals surface area (Å²) in [5.74, 6) is 0.979. The van der Waals surface area contributed by atoms with Gasteiger partial charge in [-0.2, -0.15) is 0 Å². The SMILES string of the molecule is COc1ccc(CN2CCC[C@@H](C)[C@H]2C(N)=O)cc1. The lowest BCUT2D eigenvalue weighted by Gasteiger charge is -2.38. The van der Waals surface area contributed by atoms with Crippen LogP contribution in [0.4, 0.5) is 0 Å². The molecule has 19 heavy (non-hydrogen) atoms. The monoisotopic (exact) mass is 262 g/mol. The molecule has 1 aromatic rings. The number of carbonyl (C=O) groups is 1. The van der Waals surface area contributed by atoms with Crippen molar-refractivity contribution >= 4 is 5.91 Å². The van der Waals surface area contributed by atoms with E-state index < -0.39 is 0 Å². The van der Waals surface area contributed by atoms with Crippen molar-refractivity contribution in [1.29, 1.82) is 0 Å². The van der Waals surface area contributed by atoms with Crippen molar-refractivity contribution in [2.45, 2.75) is 32.4 Å². The smallest absolute Gasteiger partial charge is 0.235 e. The molecule has 4 heteroatoms. The van der Waals surface area contributed by atoms with E-state index in [0.29, 0.717) is 5.92 Å². The Morgan fingerprint density at radius 3 is 2.68 bits per heavy atom. The van der Waals surface area contributed by atoms with Crippen molar-refractivity contribution < 1.29 is 9.53 Å². The third-order valence-electron chi connectivity index (χ3n) is 3.87. The zero-order chi connectivity index (χ0) is 13.8. The number of rotatable bonds is 4. The second kappa shape index (κ2) is 6.06. The van der Waals surface area contributed by atoms with Gasteiger partial charge in [-0.15, -0.1) is 0 Å². The summed E-state index contributed by atoms with van der Waals surface area (Å²) in [5, 5.41) is 0. The van der Waals surface area contributed by atoms with Gasteiger partial charge in [0.2, 0.25) is 5.91 Å². The van der Waals surface area contributed by atoms with E-state index in [-0.39, 0.29) is 11.9 Å². The highest BCUT2D eigenvalue weighted by Crippen LogP contribution is 2.25. The third kappa shape index (κ3) is 3.26. The lowest BCUT2D eigenvalue weighted by Crippen LogP contribution is -2.51. The second-order valence-electron chi connectivity index (χ2n) is 5.29. The topological polar surface area (TPSA) is 55.6 Å². The summed E-state index contributed by atoms with van der Waals surface area (Å²) in [6.45, 7) is 3.81. The number of benzene rings is 1. The summed E-state index contributed by atoms with van der Waals surface area (Å²) in [4.78, 5) is 13.8. The Morgan fingerprint density at radius 2 is 2.11 bits per heavy atom.